The summed E-state index contributed by atoms with van der Waals surface area (Å²) in [5.74, 6) is 0.373. The smallest absolute Gasteiger partial charge is 0.123 e. The van der Waals surface area contributed by atoms with E-state index in [0.717, 1.165) is 30.1 Å². The number of hydrogen-bond acceptors (Lipinski definition) is 1. The topological polar surface area (TPSA) is 3.24 Å². The van der Waals surface area contributed by atoms with E-state index in [1.165, 1.54) is 56.4 Å². The maximum absolute atomic E-state index is 13.4. The van der Waals surface area contributed by atoms with Gasteiger partial charge in [0.25, 0.3) is 0 Å². The van der Waals surface area contributed by atoms with E-state index in [9.17, 15) is 8.78 Å². The Balaban J connectivity index is 1.80. The third-order valence-corrected chi connectivity index (χ3v) is 5.35. The van der Waals surface area contributed by atoms with Crippen molar-refractivity contribution in [2.45, 2.75) is 45.1 Å². The lowest BCUT2D eigenvalue weighted by Crippen LogP contribution is -2.37. The van der Waals surface area contributed by atoms with Gasteiger partial charge in [-0.15, -0.1) is 0 Å². The van der Waals surface area contributed by atoms with Crippen molar-refractivity contribution in [3.8, 4) is 0 Å². The van der Waals surface area contributed by atoms with Gasteiger partial charge < -0.3 is 0 Å². The third kappa shape index (κ3) is 4.66. The fraction of sp³-hybridized carbons (Fsp3) is 0.455. The van der Waals surface area contributed by atoms with Gasteiger partial charge in [-0.3, -0.25) is 4.90 Å². The molecule has 0 saturated carbocycles. The quantitative estimate of drug-likeness (QED) is 0.626. The summed E-state index contributed by atoms with van der Waals surface area (Å²) < 4.78 is 26.7. The summed E-state index contributed by atoms with van der Waals surface area (Å²) in [6.45, 7) is 4.32. The minimum absolute atomic E-state index is 0.0633. The molecule has 0 radical (unpaired) electrons. The summed E-state index contributed by atoms with van der Waals surface area (Å²) in [5, 5.41) is 0. The van der Waals surface area contributed by atoms with Crippen LogP contribution < -0.4 is 0 Å². The van der Waals surface area contributed by atoms with Crippen molar-refractivity contribution in [2.75, 3.05) is 13.1 Å². The van der Waals surface area contributed by atoms with Crippen LogP contribution in [0.5, 0.6) is 0 Å². The summed E-state index contributed by atoms with van der Waals surface area (Å²) in [5.41, 5.74) is 2.14. The van der Waals surface area contributed by atoms with E-state index < -0.39 is 0 Å². The van der Waals surface area contributed by atoms with Gasteiger partial charge in [-0.1, -0.05) is 50.5 Å². The molecule has 1 nitrogen and oxygen atoms in total. The number of likely N-dealkylation sites (tertiary alicyclic amines) is 1. The number of piperidine rings is 1. The van der Waals surface area contributed by atoms with E-state index in [1.807, 2.05) is 24.3 Å². The van der Waals surface area contributed by atoms with Crippen LogP contribution in [-0.2, 0) is 0 Å². The Morgan fingerprint density at radius 2 is 1.36 bits per heavy atom. The maximum Gasteiger partial charge on any atom is 0.123 e. The summed E-state index contributed by atoms with van der Waals surface area (Å²) in [6.07, 6.45) is 6.30. The van der Waals surface area contributed by atoms with E-state index in [4.69, 9.17) is 0 Å². The second kappa shape index (κ2) is 8.57. The molecule has 3 heteroatoms. The van der Waals surface area contributed by atoms with Crippen molar-refractivity contribution < 1.29 is 8.78 Å². The molecule has 3 rings (SSSR count). The Hall–Kier alpha value is -1.74. The van der Waals surface area contributed by atoms with Crippen LogP contribution in [0.4, 0.5) is 8.78 Å². The standard InChI is InChI=1S/C22H27F2N/c1-2-3-4-17-13-15-25(16-14-17)22(18-5-9-20(23)10-6-18)19-7-11-21(24)12-8-19/h5-12,17,22H,2-4,13-16H2,1H3. The predicted octanol–water partition coefficient (Wildman–Crippen LogP) is 5.96. The summed E-state index contributed by atoms with van der Waals surface area (Å²) in [7, 11) is 0. The predicted molar refractivity (Wildman–Crippen MR) is 98.5 cm³/mol. The molecule has 0 bridgehead atoms. The van der Waals surface area contributed by atoms with E-state index in [1.54, 1.807) is 0 Å². The van der Waals surface area contributed by atoms with Crippen molar-refractivity contribution in [3.63, 3.8) is 0 Å². The molecule has 1 saturated heterocycles. The first-order chi connectivity index (χ1) is 12.2. The highest BCUT2D eigenvalue weighted by molar-refractivity contribution is 5.32. The molecule has 0 amide bonds. The minimum atomic E-state index is -0.222. The Labute approximate surface area is 149 Å². The van der Waals surface area contributed by atoms with Crippen LogP contribution in [0, 0.1) is 17.6 Å². The van der Waals surface area contributed by atoms with Gasteiger partial charge in [-0.2, -0.15) is 0 Å². The zero-order chi connectivity index (χ0) is 17.6. The Morgan fingerprint density at radius 1 is 0.880 bits per heavy atom. The van der Waals surface area contributed by atoms with E-state index in [2.05, 4.69) is 11.8 Å². The zero-order valence-corrected chi connectivity index (χ0v) is 14.9. The van der Waals surface area contributed by atoms with Crippen LogP contribution in [-0.4, -0.2) is 18.0 Å². The second-order valence-corrected chi connectivity index (χ2v) is 7.13. The van der Waals surface area contributed by atoms with Crippen molar-refractivity contribution >= 4 is 0 Å². The molecule has 134 valence electrons. The van der Waals surface area contributed by atoms with Crippen LogP contribution in [0.3, 0.4) is 0 Å². The zero-order valence-electron chi connectivity index (χ0n) is 14.9. The van der Waals surface area contributed by atoms with Gasteiger partial charge in [0.15, 0.2) is 0 Å². The van der Waals surface area contributed by atoms with Gasteiger partial charge >= 0.3 is 0 Å². The molecule has 0 N–H and O–H groups in total. The summed E-state index contributed by atoms with van der Waals surface area (Å²) >= 11 is 0. The van der Waals surface area contributed by atoms with Crippen LogP contribution in [0.2, 0.25) is 0 Å². The van der Waals surface area contributed by atoms with Gasteiger partial charge in [0.05, 0.1) is 6.04 Å². The van der Waals surface area contributed by atoms with Gasteiger partial charge in [-0.25, -0.2) is 8.78 Å². The van der Waals surface area contributed by atoms with Crippen molar-refractivity contribution in [1.82, 2.24) is 4.90 Å². The van der Waals surface area contributed by atoms with Gasteiger partial charge in [0.1, 0.15) is 11.6 Å². The highest BCUT2D eigenvalue weighted by Crippen LogP contribution is 2.33. The molecule has 1 fully saturated rings. The van der Waals surface area contributed by atoms with Crippen LogP contribution >= 0.6 is 0 Å². The Kier molecular flexibility index (Phi) is 6.19. The summed E-state index contributed by atoms with van der Waals surface area (Å²) in [4.78, 5) is 2.46. The fourth-order valence-corrected chi connectivity index (χ4v) is 3.90. The Bertz CT molecular complexity index is 597. The van der Waals surface area contributed by atoms with Crippen molar-refractivity contribution in [2.24, 2.45) is 5.92 Å². The first kappa shape index (κ1) is 18.1. The van der Waals surface area contributed by atoms with Crippen molar-refractivity contribution in [1.29, 1.82) is 0 Å². The SMILES string of the molecule is CCCCC1CCN(C(c2ccc(F)cc2)c2ccc(F)cc2)CC1. The fourth-order valence-electron chi connectivity index (χ4n) is 3.90. The lowest BCUT2D eigenvalue weighted by molar-refractivity contribution is 0.146. The average molecular weight is 343 g/mol. The van der Waals surface area contributed by atoms with E-state index in [-0.39, 0.29) is 17.7 Å². The molecule has 1 aliphatic rings. The number of halogens is 2. The van der Waals surface area contributed by atoms with E-state index >= 15 is 0 Å². The first-order valence-electron chi connectivity index (χ1n) is 9.42. The lowest BCUT2D eigenvalue weighted by atomic mass is 9.88. The van der Waals surface area contributed by atoms with E-state index in [0.29, 0.717) is 0 Å². The van der Waals surface area contributed by atoms with Gasteiger partial charge in [-0.05, 0) is 67.2 Å². The molecule has 1 aliphatic heterocycles. The van der Waals surface area contributed by atoms with Gasteiger partial charge in [0.2, 0.25) is 0 Å². The molecular formula is C22H27F2N. The third-order valence-electron chi connectivity index (χ3n) is 5.35. The molecule has 1 heterocycles. The van der Waals surface area contributed by atoms with Crippen molar-refractivity contribution in [3.05, 3.63) is 71.3 Å². The normalized spacial score (nSPS) is 16.5. The van der Waals surface area contributed by atoms with Crippen LogP contribution in [0.15, 0.2) is 48.5 Å². The Morgan fingerprint density at radius 3 is 1.80 bits per heavy atom. The average Bonchev–Trinajstić information content (AvgIpc) is 2.64. The van der Waals surface area contributed by atoms with Crippen LogP contribution in [0.1, 0.15) is 56.2 Å². The summed E-state index contributed by atoms with van der Waals surface area (Å²) in [6, 6.07) is 13.5. The highest BCUT2D eigenvalue weighted by Gasteiger charge is 2.27. The number of nitrogens with zero attached hydrogens (tertiary/aromatic N) is 1. The molecule has 0 spiro atoms. The number of hydrogen-bond donors (Lipinski definition) is 0. The molecule has 0 aliphatic carbocycles. The van der Waals surface area contributed by atoms with Crippen LogP contribution in [0.25, 0.3) is 0 Å². The minimum Gasteiger partial charge on any atom is -0.292 e. The highest BCUT2D eigenvalue weighted by atomic mass is 19.1. The molecule has 0 aromatic heterocycles. The van der Waals surface area contributed by atoms with Gasteiger partial charge in [0, 0.05) is 0 Å². The number of unbranched alkanes of at least 4 members (excludes halogenated alkanes) is 1. The molecule has 2 aromatic rings. The molecule has 0 unspecified atom stereocenters. The largest absolute Gasteiger partial charge is 0.292 e. The molecule has 25 heavy (non-hydrogen) atoms. The molecular weight excluding hydrogens is 316 g/mol. The second-order valence-electron chi connectivity index (χ2n) is 7.13. The monoisotopic (exact) mass is 343 g/mol. The molecule has 0 atom stereocenters. The molecule has 2 aromatic carbocycles. The lowest BCUT2D eigenvalue weighted by Gasteiger charge is -2.38. The first-order valence-corrected chi connectivity index (χ1v) is 9.42. The number of benzene rings is 2. The number of rotatable bonds is 6. The maximum atomic E-state index is 13.4.